The van der Waals surface area contributed by atoms with Crippen LogP contribution in [0.5, 0.6) is 0 Å². The zero-order valence-electron chi connectivity index (χ0n) is 12.5. The van der Waals surface area contributed by atoms with Gasteiger partial charge in [0.25, 0.3) is 0 Å². The molecule has 0 bridgehead atoms. The lowest BCUT2D eigenvalue weighted by molar-refractivity contribution is -0.130. The first-order chi connectivity index (χ1) is 9.74. The Morgan fingerprint density at radius 3 is 2.70 bits per heavy atom. The van der Waals surface area contributed by atoms with Crippen molar-refractivity contribution in [2.75, 3.05) is 52.6 Å². The lowest BCUT2D eigenvalue weighted by Crippen LogP contribution is -2.34. The highest BCUT2D eigenvalue weighted by atomic mass is 16.5. The van der Waals surface area contributed by atoms with Crippen LogP contribution in [0.4, 0.5) is 0 Å². The molecule has 1 aliphatic heterocycles. The predicted octanol–water partition coefficient (Wildman–Crippen LogP) is 0.00250. The number of ether oxygens (including phenoxy) is 2. The molecule has 0 saturated carbocycles. The molecule has 0 spiro atoms. The van der Waals surface area contributed by atoms with Crippen molar-refractivity contribution in [2.24, 2.45) is 0 Å². The summed E-state index contributed by atoms with van der Waals surface area (Å²) in [5.74, 6) is 0.206. The van der Waals surface area contributed by atoms with Crippen molar-refractivity contribution in [1.29, 1.82) is 0 Å². The maximum Gasteiger partial charge on any atom is 0.223 e. The van der Waals surface area contributed by atoms with Gasteiger partial charge in [-0.25, -0.2) is 0 Å². The van der Waals surface area contributed by atoms with Gasteiger partial charge in [-0.15, -0.1) is 0 Å². The number of amides is 1. The van der Waals surface area contributed by atoms with E-state index in [1.54, 1.807) is 0 Å². The average Bonchev–Trinajstić information content (AvgIpc) is 2.97. The monoisotopic (exact) mass is 288 g/mol. The summed E-state index contributed by atoms with van der Waals surface area (Å²) in [6, 6.07) is 0. The third-order valence-corrected chi connectivity index (χ3v) is 3.24. The standard InChI is InChI=1S/C14H28N2O4/c1-2-19-9-10-20-12-13(17)11-15-6-5-14(18)16-7-3-4-8-16/h13,15,17H,2-12H2,1H3. The minimum Gasteiger partial charge on any atom is -0.389 e. The Bertz CT molecular complexity index is 258. The molecule has 1 amide bonds. The van der Waals surface area contributed by atoms with Crippen molar-refractivity contribution in [2.45, 2.75) is 32.3 Å². The van der Waals surface area contributed by atoms with E-state index in [4.69, 9.17) is 9.47 Å². The van der Waals surface area contributed by atoms with E-state index in [0.717, 1.165) is 25.9 Å². The fourth-order valence-electron chi connectivity index (χ4n) is 2.13. The maximum absolute atomic E-state index is 11.7. The smallest absolute Gasteiger partial charge is 0.223 e. The van der Waals surface area contributed by atoms with Crippen molar-refractivity contribution in [3.8, 4) is 0 Å². The Balaban J connectivity index is 1.90. The molecule has 1 fully saturated rings. The Labute approximate surface area is 121 Å². The van der Waals surface area contributed by atoms with Crippen LogP contribution in [0.1, 0.15) is 26.2 Å². The van der Waals surface area contributed by atoms with Gasteiger partial charge in [0, 0.05) is 39.2 Å². The Kier molecular flexibility index (Phi) is 9.57. The highest BCUT2D eigenvalue weighted by Gasteiger charge is 2.17. The normalized spacial score (nSPS) is 16.6. The topological polar surface area (TPSA) is 71.0 Å². The van der Waals surface area contributed by atoms with Crippen LogP contribution >= 0.6 is 0 Å². The van der Waals surface area contributed by atoms with Crippen molar-refractivity contribution < 1.29 is 19.4 Å². The summed E-state index contributed by atoms with van der Waals surface area (Å²) in [5, 5.41) is 12.7. The summed E-state index contributed by atoms with van der Waals surface area (Å²) in [6.45, 7) is 6.80. The molecule has 118 valence electrons. The molecule has 1 atom stereocenters. The summed E-state index contributed by atoms with van der Waals surface area (Å²) < 4.78 is 10.4. The molecule has 1 rings (SSSR count). The van der Waals surface area contributed by atoms with Gasteiger partial charge in [-0.05, 0) is 19.8 Å². The third-order valence-electron chi connectivity index (χ3n) is 3.24. The molecule has 0 radical (unpaired) electrons. The Morgan fingerprint density at radius 1 is 1.30 bits per heavy atom. The summed E-state index contributed by atoms with van der Waals surface area (Å²) in [5.41, 5.74) is 0. The molecule has 0 aliphatic carbocycles. The highest BCUT2D eigenvalue weighted by Crippen LogP contribution is 2.08. The minimum absolute atomic E-state index is 0.206. The van der Waals surface area contributed by atoms with Crippen LogP contribution in [-0.2, 0) is 14.3 Å². The van der Waals surface area contributed by atoms with E-state index in [2.05, 4.69) is 5.32 Å². The van der Waals surface area contributed by atoms with E-state index in [-0.39, 0.29) is 5.91 Å². The molecule has 6 heteroatoms. The fraction of sp³-hybridized carbons (Fsp3) is 0.929. The number of aliphatic hydroxyl groups is 1. The second-order valence-corrected chi connectivity index (χ2v) is 4.97. The van der Waals surface area contributed by atoms with E-state index < -0.39 is 6.10 Å². The van der Waals surface area contributed by atoms with Gasteiger partial charge >= 0.3 is 0 Å². The summed E-state index contributed by atoms with van der Waals surface area (Å²) in [6.07, 6.45) is 2.20. The molecule has 6 nitrogen and oxygen atoms in total. The van der Waals surface area contributed by atoms with Crippen LogP contribution in [0.15, 0.2) is 0 Å². The van der Waals surface area contributed by atoms with Gasteiger partial charge in [0.05, 0.1) is 25.9 Å². The van der Waals surface area contributed by atoms with E-state index >= 15 is 0 Å². The second-order valence-electron chi connectivity index (χ2n) is 4.97. The largest absolute Gasteiger partial charge is 0.389 e. The van der Waals surface area contributed by atoms with Crippen LogP contribution in [-0.4, -0.2) is 74.6 Å². The lowest BCUT2D eigenvalue weighted by Gasteiger charge is -2.16. The molecule has 0 aromatic rings. The number of hydrogen-bond acceptors (Lipinski definition) is 5. The number of nitrogens with zero attached hydrogens (tertiary/aromatic N) is 1. The maximum atomic E-state index is 11.7. The van der Waals surface area contributed by atoms with Gasteiger partial charge < -0.3 is 24.8 Å². The third kappa shape index (κ3) is 7.79. The zero-order chi connectivity index (χ0) is 14.6. The molecule has 1 aliphatic rings. The minimum atomic E-state index is -0.543. The molecule has 1 unspecified atom stereocenters. The van der Waals surface area contributed by atoms with Crippen LogP contribution in [0.2, 0.25) is 0 Å². The number of hydrogen-bond donors (Lipinski definition) is 2. The van der Waals surface area contributed by atoms with Crippen LogP contribution in [0, 0.1) is 0 Å². The summed E-state index contributed by atoms with van der Waals surface area (Å²) in [7, 11) is 0. The van der Waals surface area contributed by atoms with Crippen LogP contribution in [0.25, 0.3) is 0 Å². The number of carbonyl (C=O) groups is 1. The first-order valence-electron chi connectivity index (χ1n) is 7.56. The number of nitrogens with one attached hydrogen (secondary N) is 1. The number of carbonyl (C=O) groups excluding carboxylic acids is 1. The van der Waals surface area contributed by atoms with Crippen molar-refractivity contribution >= 4 is 5.91 Å². The Morgan fingerprint density at radius 2 is 2.00 bits per heavy atom. The highest BCUT2D eigenvalue weighted by molar-refractivity contribution is 5.76. The van der Waals surface area contributed by atoms with Gasteiger partial charge in [-0.1, -0.05) is 0 Å². The van der Waals surface area contributed by atoms with Gasteiger partial charge in [0.2, 0.25) is 5.91 Å². The molecule has 0 aromatic carbocycles. The van der Waals surface area contributed by atoms with Crippen molar-refractivity contribution in [1.82, 2.24) is 10.2 Å². The summed E-state index contributed by atoms with van der Waals surface area (Å²) >= 11 is 0. The quantitative estimate of drug-likeness (QED) is 0.524. The number of rotatable bonds is 11. The van der Waals surface area contributed by atoms with E-state index in [1.165, 1.54) is 0 Å². The number of likely N-dealkylation sites (tertiary alicyclic amines) is 1. The predicted molar refractivity (Wildman–Crippen MR) is 76.6 cm³/mol. The average molecular weight is 288 g/mol. The molecule has 2 N–H and O–H groups in total. The first-order valence-corrected chi connectivity index (χ1v) is 7.56. The van der Waals surface area contributed by atoms with Crippen molar-refractivity contribution in [3.05, 3.63) is 0 Å². The second kappa shape index (κ2) is 11.0. The molecular formula is C14H28N2O4. The van der Waals surface area contributed by atoms with E-state index in [1.807, 2.05) is 11.8 Å². The van der Waals surface area contributed by atoms with Gasteiger partial charge in [-0.3, -0.25) is 4.79 Å². The number of aliphatic hydroxyl groups excluding tert-OH is 1. The first kappa shape index (κ1) is 17.4. The molecule has 20 heavy (non-hydrogen) atoms. The van der Waals surface area contributed by atoms with Crippen molar-refractivity contribution in [3.63, 3.8) is 0 Å². The van der Waals surface area contributed by atoms with Crippen LogP contribution < -0.4 is 5.32 Å². The summed E-state index contributed by atoms with van der Waals surface area (Å²) in [4.78, 5) is 13.7. The van der Waals surface area contributed by atoms with E-state index in [9.17, 15) is 9.90 Å². The molecule has 1 saturated heterocycles. The van der Waals surface area contributed by atoms with Crippen LogP contribution in [0.3, 0.4) is 0 Å². The molecule has 0 aromatic heterocycles. The Hall–Kier alpha value is -0.690. The van der Waals surface area contributed by atoms with Gasteiger partial charge in [-0.2, -0.15) is 0 Å². The fourth-order valence-corrected chi connectivity index (χ4v) is 2.13. The lowest BCUT2D eigenvalue weighted by atomic mass is 10.3. The molecular weight excluding hydrogens is 260 g/mol. The van der Waals surface area contributed by atoms with Gasteiger partial charge in [0.15, 0.2) is 0 Å². The zero-order valence-corrected chi connectivity index (χ0v) is 12.5. The SMILES string of the molecule is CCOCCOCC(O)CNCCC(=O)N1CCCC1. The van der Waals surface area contributed by atoms with E-state index in [0.29, 0.717) is 45.9 Å². The van der Waals surface area contributed by atoms with Gasteiger partial charge in [0.1, 0.15) is 0 Å². The molecule has 1 heterocycles.